The van der Waals surface area contributed by atoms with Crippen molar-refractivity contribution in [3.05, 3.63) is 35.6 Å². The van der Waals surface area contributed by atoms with Gasteiger partial charge in [-0.15, -0.1) is 0 Å². The van der Waals surface area contributed by atoms with E-state index in [9.17, 15) is 22.4 Å². The van der Waals surface area contributed by atoms with Gasteiger partial charge in [0.25, 0.3) is 0 Å². The molecule has 0 aromatic heterocycles. The molecule has 0 aliphatic carbocycles. The van der Waals surface area contributed by atoms with E-state index < -0.39 is 29.5 Å². The molecule has 2 atom stereocenters. The van der Waals surface area contributed by atoms with Crippen LogP contribution in [0, 0.1) is 5.82 Å². The number of carbonyl (C=O) groups is 1. The summed E-state index contributed by atoms with van der Waals surface area (Å²) in [5.74, 6) is -1.81. The number of benzene rings is 1. The molecular weight excluding hydrogens is 264 g/mol. The van der Waals surface area contributed by atoms with Crippen LogP contribution in [-0.4, -0.2) is 17.6 Å². The van der Waals surface area contributed by atoms with Crippen LogP contribution in [0.2, 0.25) is 0 Å². The maximum atomic E-state index is 12.7. The lowest BCUT2D eigenvalue weighted by Gasteiger charge is -2.28. The third kappa shape index (κ3) is 3.44. The first-order valence-corrected chi connectivity index (χ1v) is 5.47. The minimum atomic E-state index is -4.85. The van der Waals surface area contributed by atoms with Gasteiger partial charge in [0.2, 0.25) is 5.91 Å². The summed E-state index contributed by atoms with van der Waals surface area (Å²) < 4.78 is 50.4. The number of hydrogen-bond donors (Lipinski definition) is 2. The number of alkyl halides is 3. The number of amides is 1. The SMILES string of the molecule is C[C@H](NC(=O)C(C)(N)C(F)(F)F)c1ccc(F)cc1. The Morgan fingerprint density at radius 1 is 1.26 bits per heavy atom. The first-order chi connectivity index (χ1) is 8.55. The molecule has 0 aliphatic rings. The zero-order valence-corrected chi connectivity index (χ0v) is 10.4. The molecule has 0 heterocycles. The number of nitrogens with one attached hydrogen (secondary N) is 1. The molecule has 1 aromatic carbocycles. The molecule has 0 fully saturated rings. The van der Waals surface area contributed by atoms with Crippen molar-refractivity contribution >= 4 is 5.91 Å². The maximum Gasteiger partial charge on any atom is 0.415 e. The number of nitrogens with two attached hydrogens (primary N) is 1. The van der Waals surface area contributed by atoms with Crippen LogP contribution < -0.4 is 11.1 Å². The summed E-state index contributed by atoms with van der Waals surface area (Å²) in [7, 11) is 0. The van der Waals surface area contributed by atoms with Crippen LogP contribution in [0.15, 0.2) is 24.3 Å². The van der Waals surface area contributed by atoms with Crippen LogP contribution in [0.5, 0.6) is 0 Å². The van der Waals surface area contributed by atoms with Crippen molar-refractivity contribution in [2.24, 2.45) is 5.73 Å². The standard InChI is InChI=1S/C12H14F4N2O/c1-7(8-3-5-9(13)6-4-8)18-10(19)11(2,17)12(14,15)16/h3-7H,17H2,1-2H3,(H,18,19)/t7-,11?/m0/s1. The Balaban J connectivity index is 2.80. The van der Waals surface area contributed by atoms with Crippen LogP contribution in [0.25, 0.3) is 0 Å². The van der Waals surface area contributed by atoms with E-state index in [1.54, 1.807) is 0 Å². The van der Waals surface area contributed by atoms with Crippen LogP contribution >= 0.6 is 0 Å². The van der Waals surface area contributed by atoms with Crippen LogP contribution in [0.3, 0.4) is 0 Å². The maximum absolute atomic E-state index is 12.7. The molecule has 0 spiro atoms. The van der Waals surface area contributed by atoms with E-state index in [-0.39, 0.29) is 0 Å². The van der Waals surface area contributed by atoms with Gasteiger partial charge in [-0.2, -0.15) is 13.2 Å². The lowest BCUT2D eigenvalue weighted by Crippen LogP contribution is -2.61. The van der Waals surface area contributed by atoms with Crippen molar-refractivity contribution in [2.45, 2.75) is 31.6 Å². The zero-order chi connectivity index (χ0) is 14.8. The second-order valence-corrected chi connectivity index (χ2v) is 4.45. The van der Waals surface area contributed by atoms with Crippen molar-refractivity contribution in [1.29, 1.82) is 0 Å². The molecule has 3 N–H and O–H groups in total. The monoisotopic (exact) mass is 278 g/mol. The van der Waals surface area contributed by atoms with Crippen LogP contribution in [0.4, 0.5) is 17.6 Å². The predicted octanol–water partition coefficient (Wildman–Crippen LogP) is 2.28. The Bertz CT molecular complexity index is 454. The average molecular weight is 278 g/mol. The Hall–Kier alpha value is -1.63. The van der Waals surface area contributed by atoms with Crippen molar-refractivity contribution in [3.8, 4) is 0 Å². The highest BCUT2D eigenvalue weighted by Crippen LogP contribution is 2.28. The minimum Gasteiger partial charge on any atom is -0.348 e. The van der Waals surface area contributed by atoms with Gasteiger partial charge in [0.15, 0.2) is 5.54 Å². The smallest absolute Gasteiger partial charge is 0.348 e. The van der Waals surface area contributed by atoms with Gasteiger partial charge >= 0.3 is 6.18 Å². The van der Waals surface area contributed by atoms with E-state index >= 15 is 0 Å². The van der Waals surface area contributed by atoms with Crippen LogP contribution in [-0.2, 0) is 4.79 Å². The second kappa shape index (κ2) is 5.16. The summed E-state index contributed by atoms with van der Waals surface area (Å²) in [6.45, 7) is 2.08. The van der Waals surface area contributed by atoms with E-state index in [1.165, 1.54) is 19.1 Å². The van der Waals surface area contributed by atoms with Gasteiger partial charge in [-0.1, -0.05) is 12.1 Å². The molecular formula is C12H14F4N2O. The highest BCUT2D eigenvalue weighted by Gasteiger charge is 2.54. The second-order valence-electron chi connectivity index (χ2n) is 4.45. The fourth-order valence-corrected chi connectivity index (χ4v) is 1.31. The molecule has 1 amide bonds. The molecule has 7 heteroatoms. The summed E-state index contributed by atoms with van der Waals surface area (Å²) >= 11 is 0. The third-order valence-electron chi connectivity index (χ3n) is 2.78. The molecule has 0 saturated carbocycles. The highest BCUT2D eigenvalue weighted by atomic mass is 19.4. The Kier molecular flexibility index (Phi) is 4.19. The normalized spacial score (nSPS) is 16.6. The fraction of sp³-hybridized carbons (Fsp3) is 0.417. The highest BCUT2D eigenvalue weighted by molar-refractivity contribution is 5.86. The number of rotatable bonds is 3. The molecule has 0 bridgehead atoms. The molecule has 0 radical (unpaired) electrons. The third-order valence-corrected chi connectivity index (χ3v) is 2.78. The van der Waals surface area contributed by atoms with Crippen molar-refractivity contribution < 1.29 is 22.4 Å². The Morgan fingerprint density at radius 3 is 2.16 bits per heavy atom. The summed E-state index contributed by atoms with van der Waals surface area (Å²) in [5, 5.41) is 2.16. The van der Waals surface area contributed by atoms with E-state index in [0.717, 1.165) is 12.1 Å². The molecule has 1 aromatic rings. The summed E-state index contributed by atoms with van der Waals surface area (Å²) in [5.41, 5.74) is 2.50. The predicted molar refractivity (Wildman–Crippen MR) is 61.6 cm³/mol. The van der Waals surface area contributed by atoms with Crippen molar-refractivity contribution in [2.75, 3.05) is 0 Å². The molecule has 1 unspecified atom stereocenters. The summed E-state index contributed by atoms with van der Waals surface area (Å²) in [6, 6.07) is 4.36. The first-order valence-electron chi connectivity index (χ1n) is 5.47. The van der Waals surface area contributed by atoms with Crippen molar-refractivity contribution in [1.82, 2.24) is 5.32 Å². The number of hydrogen-bond acceptors (Lipinski definition) is 2. The average Bonchev–Trinajstić information content (AvgIpc) is 2.28. The lowest BCUT2D eigenvalue weighted by molar-refractivity contribution is -0.187. The summed E-state index contributed by atoms with van der Waals surface area (Å²) in [4.78, 5) is 11.5. The van der Waals surface area contributed by atoms with Gasteiger partial charge in [0.1, 0.15) is 5.82 Å². The quantitative estimate of drug-likeness (QED) is 0.833. The topological polar surface area (TPSA) is 55.1 Å². The van der Waals surface area contributed by atoms with E-state index in [0.29, 0.717) is 12.5 Å². The molecule has 106 valence electrons. The summed E-state index contributed by atoms with van der Waals surface area (Å²) in [6.07, 6.45) is -4.85. The Morgan fingerprint density at radius 2 is 1.74 bits per heavy atom. The zero-order valence-electron chi connectivity index (χ0n) is 10.4. The number of carbonyl (C=O) groups excluding carboxylic acids is 1. The van der Waals surface area contributed by atoms with Crippen molar-refractivity contribution in [3.63, 3.8) is 0 Å². The van der Waals surface area contributed by atoms with E-state index in [2.05, 4.69) is 5.32 Å². The van der Waals surface area contributed by atoms with Gasteiger partial charge in [-0.05, 0) is 31.5 Å². The molecule has 3 nitrogen and oxygen atoms in total. The van der Waals surface area contributed by atoms with Gasteiger partial charge < -0.3 is 11.1 Å². The van der Waals surface area contributed by atoms with Gasteiger partial charge in [0, 0.05) is 0 Å². The van der Waals surface area contributed by atoms with E-state index in [4.69, 9.17) is 5.73 Å². The number of halogens is 4. The minimum absolute atomic E-state index is 0.471. The molecule has 0 aliphatic heterocycles. The lowest BCUT2D eigenvalue weighted by atomic mass is 10.0. The molecule has 19 heavy (non-hydrogen) atoms. The first kappa shape index (κ1) is 15.4. The Labute approximate surface area is 107 Å². The van der Waals surface area contributed by atoms with E-state index in [1.807, 2.05) is 0 Å². The van der Waals surface area contributed by atoms with Crippen LogP contribution in [0.1, 0.15) is 25.5 Å². The van der Waals surface area contributed by atoms with Gasteiger partial charge in [-0.25, -0.2) is 4.39 Å². The largest absolute Gasteiger partial charge is 0.415 e. The fourth-order valence-electron chi connectivity index (χ4n) is 1.31. The van der Waals surface area contributed by atoms with Gasteiger partial charge in [0.05, 0.1) is 6.04 Å². The molecule has 0 saturated heterocycles. The molecule has 1 rings (SSSR count). The van der Waals surface area contributed by atoms with Gasteiger partial charge in [-0.3, -0.25) is 4.79 Å².